The predicted molar refractivity (Wildman–Crippen MR) is 45.6 cm³/mol. The smallest absolute Gasteiger partial charge is 0.0398 e. The molecule has 8 N–H and O–H groups in total. The van der Waals surface area contributed by atoms with Crippen molar-refractivity contribution >= 4 is 0 Å². The van der Waals surface area contributed by atoms with Crippen LogP contribution >= 0.6 is 0 Å². The largest absolute Gasteiger partial charge is 0.412 e. The van der Waals surface area contributed by atoms with E-state index < -0.39 is 0 Å². The molecule has 0 spiro atoms. The van der Waals surface area contributed by atoms with Crippen molar-refractivity contribution in [2.24, 2.45) is 0 Å². The number of hydrogen-bond acceptors (Lipinski definition) is 0. The van der Waals surface area contributed by atoms with Gasteiger partial charge in [-0.25, -0.2) is 0 Å². The van der Waals surface area contributed by atoms with Gasteiger partial charge < -0.3 is 21.9 Å². The molecule has 4 heteroatoms. The van der Waals surface area contributed by atoms with Crippen LogP contribution in [0, 0.1) is 6.92 Å². The summed E-state index contributed by atoms with van der Waals surface area (Å²) in [5.74, 6) is 0. The lowest BCUT2D eigenvalue weighted by atomic mass is 10.2. The Morgan fingerprint density at radius 3 is 1.27 bits per heavy atom. The van der Waals surface area contributed by atoms with Crippen LogP contribution < -0.4 is 0 Å². The van der Waals surface area contributed by atoms with Crippen molar-refractivity contribution in [2.45, 2.75) is 6.92 Å². The van der Waals surface area contributed by atoms with Gasteiger partial charge in [-0.1, -0.05) is 35.9 Å². The van der Waals surface area contributed by atoms with Crippen LogP contribution in [0.2, 0.25) is 0 Å². The summed E-state index contributed by atoms with van der Waals surface area (Å²) in [5.41, 5.74) is 1.32. The van der Waals surface area contributed by atoms with Crippen molar-refractivity contribution in [1.29, 1.82) is 0 Å². The molecule has 0 aliphatic carbocycles. The van der Waals surface area contributed by atoms with Gasteiger partial charge in [0.25, 0.3) is 0 Å². The number of rotatable bonds is 0. The first-order valence-corrected chi connectivity index (χ1v) is 2.41. The van der Waals surface area contributed by atoms with E-state index in [9.17, 15) is 0 Å². The van der Waals surface area contributed by atoms with E-state index in [-0.39, 0.29) is 21.9 Å². The minimum atomic E-state index is 0. The molecule has 0 aliphatic heterocycles. The maximum Gasteiger partial charge on any atom is -0.0398 e. The molecular formula is C7H16O4. The van der Waals surface area contributed by atoms with E-state index >= 15 is 0 Å². The van der Waals surface area contributed by atoms with Crippen LogP contribution in [0.4, 0.5) is 0 Å². The van der Waals surface area contributed by atoms with Crippen molar-refractivity contribution < 1.29 is 21.9 Å². The van der Waals surface area contributed by atoms with Crippen molar-refractivity contribution in [3.8, 4) is 0 Å². The van der Waals surface area contributed by atoms with Gasteiger partial charge in [0, 0.05) is 0 Å². The molecule has 0 aromatic heterocycles. The fourth-order valence-electron chi connectivity index (χ4n) is 0.534. The van der Waals surface area contributed by atoms with Crippen LogP contribution in [0.25, 0.3) is 0 Å². The zero-order valence-electron chi connectivity index (χ0n) is 6.39. The van der Waals surface area contributed by atoms with Crippen LogP contribution in [0.5, 0.6) is 0 Å². The van der Waals surface area contributed by atoms with Crippen LogP contribution in [0.3, 0.4) is 0 Å². The van der Waals surface area contributed by atoms with Crippen molar-refractivity contribution in [3.05, 3.63) is 35.9 Å². The van der Waals surface area contributed by atoms with E-state index in [2.05, 4.69) is 19.1 Å². The number of benzene rings is 1. The van der Waals surface area contributed by atoms with E-state index in [1.807, 2.05) is 18.2 Å². The van der Waals surface area contributed by atoms with Gasteiger partial charge in [0.05, 0.1) is 0 Å². The van der Waals surface area contributed by atoms with Gasteiger partial charge in [0.2, 0.25) is 0 Å². The van der Waals surface area contributed by atoms with Gasteiger partial charge >= 0.3 is 0 Å². The monoisotopic (exact) mass is 164 g/mol. The molecule has 68 valence electrons. The lowest BCUT2D eigenvalue weighted by Crippen LogP contribution is -1.62. The molecule has 1 rings (SSSR count). The molecule has 1 aromatic rings. The Morgan fingerprint density at radius 2 is 1.09 bits per heavy atom. The predicted octanol–water partition coefficient (Wildman–Crippen LogP) is -1.30. The fraction of sp³-hybridized carbons (Fsp3) is 0.143. The third-order valence-corrected chi connectivity index (χ3v) is 0.940. The molecule has 11 heavy (non-hydrogen) atoms. The van der Waals surface area contributed by atoms with E-state index in [0.717, 1.165) is 0 Å². The first kappa shape index (κ1) is 22.5. The summed E-state index contributed by atoms with van der Waals surface area (Å²) in [6, 6.07) is 10.3. The molecule has 0 amide bonds. The minimum absolute atomic E-state index is 0. The first-order valence-electron chi connectivity index (χ1n) is 2.41. The first-order chi connectivity index (χ1) is 3.39. The maximum atomic E-state index is 2.08. The zero-order chi connectivity index (χ0) is 5.11. The maximum absolute atomic E-state index is 2.08. The van der Waals surface area contributed by atoms with Crippen LogP contribution in [-0.4, -0.2) is 21.9 Å². The zero-order valence-corrected chi connectivity index (χ0v) is 6.39. The third kappa shape index (κ3) is 9.06. The molecular weight excluding hydrogens is 148 g/mol. The summed E-state index contributed by atoms with van der Waals surface area (Å²) < 4.78 is 0. The van der Waals surface area contributed by atoms with Gasteiger partial charge in [-0.2, -0.15) is 0 Å². The second-order valence-electron chi connectivity index (χ2n) is 1.65. The molecule has 4 nitrogen and oxygen atoms in total. The van der Waals surface area contributed by atoms with Crippen LogP contribution in [-0.2, 0) is 0 Å². The molecule has 0 saturated heterocycles. The highest BCUT2D eigenvalue weighted by molar-refractivity contribution is 5.11. The standard InChI is InChI=1S/C7H8.4H2O/c1-7-5-3-2-4-6-7;;;;/h2-6H,1H3;4*1H2. The third-order valence-electron chi connectivity index (χ3n) is 0.940. The number of hydrogen-bond donors (Lipinski definition) is 0. The van der Waals surface area contributed by atoms with Gasteiger partial charge in [0.1, 0.15) is 0 Å². The molecule has 0 bridgehead atoms. The average Bonchev–Trinajstić information content (AvgIpc) is 1.69. The highest BCUT2D eigenvalue weighted by atomic mass is 16.0. The Kier molecular flexibility index (Phi) is 24.1. The highest BCUT2D eigenvalue weighted by Crippen LogP contribution is 1.92. The SMILES string of the molecule is Cc1ccccc1.O.O.O.O. The summed E-state index contributed by atoms with van der Waals surface area (Å²) in [4.78, 5) is 0. The van der Waals surface area contributed by atoms with Gasteiger partial charge in [-0.05, 0) is 6.92 Å². The molecule has 0 saturated carbocycles. The molecule has 0 aliphatic rings. The van der Waals surface area contributed by atoms with Crippen molar-refractivity contribution in [1.82, 2.24) is 0 Å². The molecule has 1 aromatic carbocycles. The van der Waals surface area contributed by atoms with Gasteiger partial charge in [-0.3, -0.25) is 0 Å². The molecule has 0 unspecified atom stereocenters. The Balaban J connectivity index is -0.0000000612. The fourth-order valence-corrected chi connectivity index (χ4v) is 0.534. The van der Waals surface area contributed by atoms with E-state index in [4.69, 9.17) is 0 Å². The summed E-state index contributed by atoms with van der Waals surface area (Å²) in [6.45, 7) is 2.08. The lowest BCUT2D eigenvalue weighted by molar-refractivity contribution is 0.823. The van der Waals surface area contributed by atoms with Crippen LogP contribution in [0.1, 0.15) is 5.56 Å². The number of aryl methyl sites for hydroxylation is 1. The summed E-state index contributed by atoms with van der Waals surface area (Å²) in [7, 11) is 0. The van der Waals surface area contributed by atoms with E-state index in [1.165, 1.54) is 5.56 Å². The minimum Gasteiger partial charge on any atom is -0.412 e. The Labute approximate surface area is 65.7 Å². The van der Waals surface area contributed by atoms with Crippen molar-refractivity contribution in [3.63, 3.8) is 0 Å². The normalized spacial score (nSPS) is 5.55. The van der Waals surface area contributed by atoms with E-state index in [1.54, 1.807) is 0 Å². The summed E-state index contributed by atoms with van der Waals surface area (Å²) >= 11 is 0. The molecule has 0 fully saturated rings. The van der Waals surface area contributed by atoms with Crippen molar-refractivity contribution in [2.75, 3.05) is 0 Å². The van der Waals surface area contributed by atoms with E-state index in [0.29, 0.717) is 0 Å². The van der Waals surface area contributed by atoms with Crippen LogP contribution in [0.15, 0.2) is 30.3 Å². The molecule has 0 atom stereocenters. The Morgan fingerprint density at radius 1 is 0.727 bits per heavy atom. The summed E-state index contributed by atoms with van der Waals surface area (Å²) in [5, 5.41) is 0. The Hall–Kier alpha value is -0.940. The van der Waals surface area contributed by atoms with Gasteiger partial charge in [-0.15, -0.1) is 0 Å². The second-order valence-corrected chi connectivity index (χ2v) is 1.65. The topological polar surface area (TPSA) is 126 Å². The summed E-state index contributed by atoms with van der Waals surface area (Å²) in [6.07, 6.45) is 0. The van der Waals surface area contributed by atoms with Gasteiger partial charge in [0.15, 0.2) is 0 Å². The quantitative estimate of drug-likeness (QED) is 0.451. The Bertz CT molecular complexity index is 140. The molecule has 0 radical (unpaired) electrons. The second kappa shape index (κ2) is 11.8. The average molecular weight is 164 g/mol. The molecule has 0 heterocycles. The lowest BCUT2D eigenvalue weighted by Gasteiger charge is -1.82. The highest BCUT2D eigenvalue weighted by Gasteiger charge is 1.72.